The fourth-order valence-electron chi connectivity index (χ4n) is 9.98. The van der Waals surface area contributed by atoms with Crippen LogP contribution >= 0.6 is 0 Å². The lowest BCUT2D eigenvalue weighted by Gasteiger charge is -2.20. The van der Waals surface area contributed by atoms with Crippen LogP contribution in [0.2, 0.25) is 0 Å². The first-order chi connectivity index (χ1) is 35.9. The summed E-state index contributed by atoms with van der Waals surface area (Å²) < 4.78 is 5.48. The minimum absolute atomic E-state index is 0.00102. The van der Waals surface area contributed by atoms with Crippen molar-refractivity contribution in [3.8, 4) is 0 Å². The highest BCUT2D eigenvalue weighted by Crippen LogP contribution is 2.18. The van der Waals surface area contributed by atoms with Gasteiger partial charge >= 0.3 is 5.97 Å². The van der Waals surface area contributed by atoms with Gasteiger partial charge in [-0.2, -0.15) is 0 Å². The summed E-state index contributed by atoms with van der Waals surface area (Å²) in [5.74, 6) is -0.130. The molecule has 0 spiro atoms. The summed E-state index contributed by atoms with van der Waals surface area (Å²) >= 11 is 0. The summed E-state index contributed by atoms with van der Waals surface area (Å²) in [4.78, 5) is 24.5. The molecule has 0 rings (SSSR count). The largest absolute Gasteiger partial charge is 0.466 e. The van der Waals surface area contributed by atoms with E-state index in [0.29, 0.717) is 25.9 Å². The Kier molecular flexibility index (Phi) is 59.3. The van der Waals surface area contributed by atoms with Gasteiger partial charge in [-0.1, -0.05) is 307 Å². The molecule has 0 aromatic rings. The first-order valence-electron chi connectivity index (χ1n) is 32.3. The first kappa shape index (κ1) is 71.0. The third-order valence-corrected chi connectivity index (χ3v) is 15.0. The number of amides is 1. The van der Waals surface area contributed by atoms with Crippen LogP contribution in [0.1, 0.15) is 341 Å². The van der Waals surface area contributed by atoms with Crippen LogP contribution in [0.4, 0.5) is 0 Å². The molecule has 0 aliphatic carbocycles. The Morgan fingerprint density at radius 2 is 0.753 bits per heavy atom. The lowest BCUT2D eigenvalue weighted by molar-refractivity contribution is -0.143. The van der Waals surface area contributed by atoms with E-state index in [2.05, 4.69) is 43.5 Å². The van der Waals surface area contributed by atoms with Crippen molar-refractivity contribution in [1.29, 1.82) is 0 Å². The molecule has 3 atom stereocenters. The van der Waals surface area contributed by atoms with Gasteiger partial charge in [-0.3, -0.25) is 9.59 Å². The highest BCUT2D eigenvalue weighted by molar-refractivity contribution is 5.76. The normalized spacial score (nSPS) is 13.2. The molecule has 0 fully saturated rings. The molecule has 430 valence electrons. The number of hydrogen-bond donors (Lipinski definition) is 4. The van der Waals surface area contributed by atoms with Crippen LogP contribution < -0.4 is 5.32 Å². The number of carbonyl (C=O) groups excluding carboxylic acids is 2. The highest BCUT2D eigenvalue weighted by atomic mass is 16.5. The Bertz CT molecular complexity index is 1200. The van der Waals surface area contributed by atoms with E-state index >= 15 is 0 Å². The third-order valence-electron chi connectivity index (χ3n) is 15.0. The fourth-order valence-corrected chi connectivity index (χ4v) is 9.98. The van der Waals surface area contributed by atoms with Gasteiger partial charge in [0.15, 0.2) is 0 Å². The Morgan fingerprint density at radius 3 is 1.18 bits per heavy atom. The molecule has 7 heteroatoms. The summed E-state index contributed by atoms with van der Waals surface area (Å²) in [7, 11) is 0. The molecule has 0 saturated heterocycles. The molecule has 0 aliphatic heterocycles. The molecule has 0 aliphatic rings. The van der Waals surface area contributed by atoms with E-state index in [1.54, 1.807) is 6.08 Å². The van der Waals surface area contributed by atoms with Crippen LogP contribution in [0.5, 0.6) is 0 Å². The zero-order valence-electron chi connectivity index (χ0n) is 48.7. The topological polar surface area (TPSA) is 116 Å². The van der Waals surface area contributed by atoms with Crippen LogP contribution in [0.15, 0.2) is 36.5 Å². The Hall–Kier alpha value is -1.96. The second-order valence-corrected chi connectivity index (χ2v) is 22.3. The second kappa shape index (κ2) is 60.9. The van der Waals surface area contributed by atoms with Gasteiger partial charge in [0, 0.05) is 12.8 Å². The average molecular weight is 1030 g/mol. The third kappa shape index (κ3) is 57.6. The van der Waals surface area contributed by atoms with Crippen molar-refractivity contribution in [2.45, 2.75) is 360 Å². The maximum Gasteiger partial charge on any atom is 0.305 e. The number of hydrogen-bond acceptors (Lipinski definition) is 6. The van der Waals surface area contributed by atoms with Crippen molar-refractivity contribution >= 4 is 11.9 Å². The standard InChI is InChI=1S/C66H125NO6/c1-3-5-7-9-11-13-15-17-29-33-37-41-45-49-53-57-66(72)73-60-54-50-46-42-38-34-31-28-26-24-22-20-18-19-21-23-25-27-30-32-36-40-44-48-52-56-65(71)67-63(61-68)64(70)59-58-62(69)55-51-47-43-39-35-16-14-12-10-8-6-4-2/h11,13,17,29,58-59,62-64,68-70H,3-10,12,14-16,18-28,30-57,60-61H2,1-2H3,(H,67,71)/b13-11-,29-17-,59-58+/t62-,63+,64-/m1/s1. The molecule has 0 heterocycles. The summed E-state index contributed by atoms with van der Waals surface area (Å²) in [6, 6.07) is -0.749. The van der Waals surface area contributed by atoms with Crippen molar-refractivity contribution in [2.75, 3.05) is 13.2 Å². The predicted octanol–water partition coefficient (Wildman–Crippen LogP) is 19.3. The zero-order valence-corrected chi connectivity index (χ0v) is 48.7. The molecule has 0 radical (unpaired) electrons. The van der Waals surface area contributed by atoms with E-state index in [1.165, 1.54) is 256 Å². The maximum absolute atomic E-state index is 12.5. The molecular formula is C66H125NO6. The smallest absolute Gasteiger partial charge is 0.305 e. The molecule has 0 bridgehead atoms. The predicted molar refractivity (Wildman–Crippen MR) is 316 cm³/mol. The monoisotopic (exact) mass is 1030 g/mol. The Labute approximate surface area is 454 Å². The maximum atomic E-state index is 12.5. The van der Waals surface area contributed by atoms with Crippen LogP contribution in [0.25, 0.3) is 0 Å². The van der Waals surface area contributed by atoms with Crippen molar-refractivity contribution in [2.24, 2.45) is 0 Å². The van der Waals surface area contributed by atoms with Gasteiger partial charge in [-0.05, 0) is 57.8 Å². The van der Waals surface area contributed by atoms with Gasteiger partial charge in [-0.15, -0.1) is 0 Å². The van der Waals surface area contributed by atoms with Crippen molar-refractivity contribution in [3.05, 3.63) is 36.5 Å². The summed E-state index contributed by atoms with van der Waals surface area (Å²) in [5, 5.41) is 33.4. The van der Waals surface area contributed by atoms with Crippen LogP contribution in [-0.2, 0) is 14.3 Å². The number of aliphatic hydroxyl groups is 3. The lowest BCUT2D eigenvalue weighted by Crippen LogP contribution is -2.45. The number of carbonyl (C=O) groups is 2. The molecule has 1 amide bonds. The first-order valence-corrected chi connectivity index (χ1v) is 32.3. The van der Waals surface area contributed by atoms with Gasteiger partial charge in [0.2, 0.25) is 5.91 Å². The van der Waals surface area contributed by atoms with Crippen molar-refractivity contribution in [3.63, 3.8) is 0 Å². The number of allylic oxidation sites excluding steroid dienone is 4. The van der Waals surface area contributed by atoms with Gasteiger partial charge < -0.3 is 25.4 Å². The second-order valence-electron chi connectivity index (χ2n) is 22.3. The zero-order chi connectivity index (χ0) is 53.0. The van der Waals surface area contributed by atoms with Crippen molar-refractivity contribution < 1.29 is 29.6 Å². The lowest BCUT2D eigenvalue weighted by atomic mass is 10.0. The average Bonchev–Trinajstić information content (AvgIpc) is 3.39. The number of unbranched alkanes of at least 4 members (excludes halogenated alkanes) is 43. The quantitative estimate of drug-likeness (QED) is 0.0274. The van der Waals surface area contributed by atoms with Crippen LogP contribution in [-0.4, -0.2) is 58.7 Å². The molecule has 7 nitrogen and oxygen atoms in total. The summed E-state index contributed by atoms with van der Waals surface area (Å²) in [5.41, 5.74) is 0. The molecule has 0 aromatic heterocycles. The van der Waals surface area contributed by atoms with E-state index in [0.717, 1.165) is 57.8 Å². The minimum atomic E-state index is -1.02. The number of esters is 1. The number of aliphatic hydroxyl groups excluding tert-OH is 3. The summed E-state index contributed by atoms with van der Waals surface area (Å²) in [6.07, 6.45) is 73.5. The molecule has 0 aromatic carbocycles. The van der Waals surface area contributed by atoms with Crippen LogP contribution in [0.3, 0.4) is 0 Å². The van der Waals surface area contributed by atoms with E-state index in [-0.39, 0.29) is 18.5 Å². The number of ether oxygens (including phenoxy) is 1. The minimum Gasteiger partial charge on any atom is -0.466 e. The van der Waals surface area contributed by atoms with E-state index in [4.69, 9.17) is 4.74 Å². The van der Waals surface area contributed by atoms with Gasteiger partial charge in [0.1, 0.15) is 0 Å². The van der Waals surface area contributed by atoms with E-state index in [9.17, 15) is 24.9 Å². The molecule has 0 unspecified atom stereocenters. The van der Waals surface area contributed by atoms with Gasteiger partial charge in [0.25, 0.3) is 0 Å². The van der Waals surface area contributed by atoms with Gasteiger partial charge in [0.05, 0.1) is 31.5 Å². The van der Waals surface area contributed by atoms with E-state index < -0.39 is 18.2 Å². The summed E-state index contributed by atoms with van der Waals surface area (Å²) in [6.45, 7) is 4.78. The molecule has 0 saturated carbocycles. The number of rotatable bonds is 60. The molecule has 73 heavy (non-hydrogen) atoms. The Morgan fingerprint density at radius 1 is 0.411 bits per heavy atom. The Balaban J connectivity index is 3.43. The highest BCUT2D eigenvalue weighted by Gasteiger charge is 2.18. The van der Waals surface area contributed by atoms with Crippen LogP contribution in [0, 0.1) is 0 Å². The fraction of sp³-hybridized carbons (Fsp3) is 0.879. The van der Waals surface area contributed by atoms with Gasteiger partial charge in [-0.25, -0.2) is 0 Å². The van der Waals surface area contributed by atoms with Crippen molar-refractivity contribution in [1.82, 2.24) is 5.32 Å². The molecular weight excluding hydrogens is 903 g/mol. The SMILES string of the molecule is CCCCC/C=C\C/C=C\CCCCCCCC(=O)OCCCCCCCCCCCCCCCCCCCCCCCCCCCC(=O)N[C@@H](CO)[C@H](O)/C=C/[C@H](O)CCCCCCCCCCCCCC. The van der Waals surface area contributed by atoms with E-state index in [1.807, 2.05) is 0 Å². The molecule has 4 N–H and O–H groups in total. The number of nitrogens with one attached hydrogen (secondary N) is 1.